The molecule has 0 bridgehead atoms. The Bertz CT molecular complexity index is 407. The van der Waals surface area contributed by atoms with Crippen molar-refractivity contribution in [3.63, 3.8) is 0 Å². The number of nitrogens with zero attached hydrogens (tertiary/aromatic N) is 2. The predicted molar refractivity (Wildman–Crippen MR) is 79.4 cm³/mol. The first-order chi connectivity index (χ1) is 9.15. The third-order valence-electron chi connectivity index (χ3n) is 4.84. The fourth-order valence-corrected chi connectivity index (χ4v) is 3.09. The number of anilines is 1. The van der Waals surface area contributed by atoms with E-state index < -0.39 is 0 Å². The maximum absolute atomic E-state index is 4.44. The Morgan fingerprint density at radius 2 is 2.05 bits per heavy atom. The van der Waals surface area contributed by atoms with Crippen LogP contribution in [0.3, 0.4) is 0 Å². The lowest BCUT2D eigenvalue weighted by atomic mass is 10.0. The van der Waals surface area contributed by atoms with Crippen molar-refractivity contribution in [2.24, 2.45) is 11.3 Å². The molecule has 1 saturated heterocycles. The lowest BCUT2D eigenvalue weighted by Crippen LogP contribution is -2.43. The van der Waals surface area contributed by atoms with Gasteiger partial charge in [0.1, 0.15) is 5.82 Å². The number of pyridine rings is 1. The van der Waals surface area contributed by atoms with Crippen LogP contribution in [0.1, 0.15) is 33.1 Å². The third kappa shape index (κ3) is 3.08. The number of rotatable bonds is 4. The number of aromatic nitrogens is 1. The summed E-state index contributed by atoms with van der Waals surface area (Å²) in [5.41, 5.74) is 0.599. The van der Waals surface area contributed by atoms with E-state index in [0.29, 0.717) is 11.5 Å². The topological polar surface area (TPSA) is 28.2 Å². The first kappa shape index (κ1) is 12.9. The maximum Gasteiger partial charge on any atom is 0.128 e. The van der Waals surface area contributed by atoms with E-state index in [-0.39, 0.29) is 0 Å². The molecule has 19 heavy (non-hydrogen) atoms. The highest BCUT2D eigenvalue weighted by atomic mass is 15.2. The van der Waals surface area contributed by atoms with Gasteiger partial charge < -0.3 is 10.2 Å². The number of hydrogen-bond acceptors (Lipinski definition) is 3. The first-order valence-corrected chi connectivity index (χ1v) is 7.54. The van der Waals surface area contributed by atoms with Crippen molar-refractivity contribution in [2.75, 3.05) is 24.5 Å². The largest absolute Gasteiger partial charge is 0.357 e. The van der Waals surface area contributed by atoms with Crippen LogP contribution in [-0.4, -0.2) is 30.7 Å². The molecule has 1 aromatic heterocycles. The lowest BCUT2D eigenvalue weighted by Gasteiger charge is -2.33. The molecule has 0 amide bonds. The Kier molecular flexibility index (Phi) is 3.48. The standard InChI is InChI=1S/C16H25N3/c1-16(2)11-13(16)12-18-14-6-9-19(10-7-14)15-5-3-4-8-17-15/h3-5,8,13-14,18H,6-7,9-12H2,1-2H3. The van der Waals surface area contributed by atoms with E-state index in [1.807, 2.05) is 12.3 Å². The summed E-state index contributed by atoms with van der Waals surface area (Å²) < 4.78 is 0. The van der Waals surface area contributed by atoms with Crippen molar-refractivity contribution in [3.8, 4) is 0 Å². The van der Waals surface area contributed by atoms with Gasteiger partial charge in [-0.15, -0.1) is 0 Å². The molecule has 2 heterocycles. The van der Waals surface area contributed by atoms with Crippen LogP contribution >= 0.6 is 0 Å². The summed E-state index contributed by atoms with van der Waals surface area (Å²) in [6.07, 6.45) is 5.76. The molecule has 0 spiro atoms. The summed E-state index contributed by atoms with van der Waals surface area (Å²) in [7, 11) is 0. The minimum Gasteiger partial charge on any atom is -0.357 e. The second kappa shape index (κ2) is 5.12. The minimum absolute atomic E-state index is 0.599. The van der Waals surface area contributed by atoms with Crippen LogP contribution in [0.5, 0.6) is 0 Å². The van der Waals surface area contributed by atoms with E-state index in [4.69, 9.17) is 0 Å². The van der Waals surface area contributed by atoms with Crippen LogP contribution in [0, 0.1) is 11.3 Å². The van der Waals surface area contributed by atoms with Gasteiger partial charge in [-0.25, -0.2) is 4.98 Å². The van der Waals surface area contributed by atoms with Gasteiger partial charge in [0.15, 0.2) is 0 Å². The van der Waals surface area contributed by atoms with Crippen molar-refractivity contribution in [1.82, 2.24) is 10.3 Å². The smallest absolute Gasteiger partial charge is 0.128 e. The predicted octanol–water partition coefficient (Wildman–Crippen LogP) is 2.69. The highest BCUT2D eigenvalue weighted by molar-refractivity contribution is 5.38. The van der Waals surface area contributed by atoms with Gasteiger partial charge in [0, 0.05) is 25.3 Å². The third-order valence-corrected chi connectivity index (χ3v) is 4.84. The highest BCUT2D eigenvalue weighted by Gasteiger charge is 2.45. The van der Waals surface area contributed by atoms with Gasteiger partial charge in [-0.2, -0.15) is 0 Å². The Labute approximate surface area is 116 Å². The van der Waals surface area contributed by atoms with Crippen molar-refractivity contribution in [1.29, 1.82) is 0 Å². The molecule has 1 aliphatic carbocycles. The number of nitrogens with one attached hydrogen (secondary N) is 1. The van der Waals surface area contributed by atoms with E-state index in [0.717, 1.165) is 24.8 Å². The molecule has 1 unspecified atom stereocenters. The molecular weight excluding hydrogens is 234 g/mol. The van der Waals surface area contributed by atoms with Crippen molar-refractivity contribution in [2.45, 2.75) is 39.2 Å². The summed E-state index contributed by atoms with van der Waals surface area (Å²) in [4.78, 5) is 6.84. The normalized spacial score (nSPS) is 26.4. The summed E-state index contributed by atoms with van der Waals surface area (Å²) in [6, 6.07) is 6.87. The van der Waals surface area contributed by atoms with Crippen molar-refractivity contribution < 1.29 is 0 Å². The average Bonchev–Trinajstić information content (AvgIpc) is 3.06. The summed E-state index contributed by atoms with van der Waals surface area (Å²) in [6.45, 7) is 8.22. The molecule has 0 radical (unpaired) electrons. The van der Waals surface area contributed by atoms with Crippen molar-refractivity contribution in [3.05, 3.63) is 24.4 Å². The summed E-state index contributed by atoms with van der Waals surface area (Å²) in [5.74, 6) is 2.03. The van der Waals surface area contributed by atoms with E-state index >= 15 is 0 Å². The quantitative estimate of drug-likeness (QED) is 0.901. The Morgan fingerprint density at radius 3 is 2.63 bits per heavy atom. The monoisotopic (exact) mass is 259 g/mol. The van der Waals surface area contributed by atoms with Gasteiger partial charge in [-0.3, -0.25) is 0 Å². The van der Waals surface area contributed by atoms with Crippen LogP contribution in [0.4, 0.5) is 5.82 Å². The number of hydrogen-bond donors (Lipinski definition) is 1. The molecule has 3 nitrogen and oxygen atoms in total. The molecule has 3 heteroatoms. The van der Waals surface area contributed by atoms with E-state index in [1.54, 1.807) is 0 Å². The molecule has 1 atom stereocenters. The fourth-order valence-electron chi connectivity index (χ4n) is 3.09. The van der Waals surface area contributed by atoms with Crippen LogP contribution in [0.25, 0.3) is 0 Å². The lowest BCUT2D eigenvalue weighted by molar-refractivity contribution is 0.393. The first-order valence-electron chi connectivity index (χ1n) is 7.54. The SMILES string of the molecule is CC1(C)CC1CNC1CCN(c2ccccn2)CC1. The second-order valence-electron chi connectivity index (χ2n) is 6.75. The Hall–Kier alpha value is -1.09. The van der Waals surface area contributed by atoms with Crippen LogP contribution in [-0.2, 0) is 0 Å². The zero-order chi connectivity index (χ0) is 13.3. The van der Waals surface area contributed by atoms with E-state index in [1.165, 1.54) is 25.8 Å². The van der Waals surface area contributed by atoms with Crippen LogP contribution < -0.4 is 10.2 Å². The fraction of sp³-hybridized carbons (Fsp3) is 0.688. The summed E-state index contributed by atoms with van der Waals surface area (Å²) in [5, 5.41) is 3.76. The molecule has 1 aliphatic heterocycles. The Morgan fingerprint density at radius 1 is 1.32 bits per heavy atom. The average molecular weight is 259 g/mol. The molecule has 104 valence electrons. The highest BCUT2D eigenvalue weighted by Crippen LogP contribution is 2.51. The zero-order valence-electron chi connectivity index (χ0n) is 12.1. The van der Waals surface area contributed by atoms with E-state index in [9.17, 15) is 0 Å². The van der Waals surface area contributed by atoms with Gasteiger partial charge >= 0.3 is 0 Å². The zero-order valence-corrected chi connectivity index (χ0v) is 12.1. The molecule has 1 saturated carbocycles. The molecular formula is C16H25N3. The van der Waals surface area contributed by atoms with Crippen LogP contribution in [0.15, 0.2) is 24.4 Å². The number of piperidine rings is 1. The second-order valence-corrected chi connectivity index (χ2v) is 6.75. The van der Waals surface area contributed by atoms with Gasteiger partial charge in [0.25, 0.3) is 0 Å². The molecule has 0 aromatic carbocycles. The Balaban J connectivity index is 1.42. The molecule has 2 fully saturated rings. The van der Waals surface area contributed by atoms with Gasteiger partial charge in [0.2, 0.25) is 0 Å². The van der Waals surface area contributed by atoms with Gasteiger partial charge in [-0.1, -0.05) is 19.9 Å². The molecule has 2 aliphatic rings. The molecule has 3 rings (SSSR count). The van der Waals surface area contributed by atoms with Gasteiger partial charge in [0.05, 0.1) is 0 Å². The summed E-state index contributed by atoms with van der Waals surface area (Å²) >= 11 is 0. The molecule has 1 aromatic rings. The molecule has 1 N–H and O–H groups in total. The van der Waals surface area contributed by atoms with Gasteiger partial charge in [-0.05, 0) is 49.3 Å². The minimum atomic E-state index is 0.599. The maximum atomic E-state index is 4.44. The van der Waals surface area contributed by atoms with E-state index in [2.05, 4.69) is 41.2 Å². The van der Waals surface area contributed by atoms with Crippen molar-refractivity contribution >= 4 is 5.82 Å². The van der Waals surface area contributed by atoms with Crippen LogP contribution in [0.2, 0.25) is 0 Å².